The van der Waals surface area contributed by atoms with Gasteiger partial charge in [-0.25, -0.2) is 0 Å². The molecule has 0 bridgehead atoms. The largest absolute Gasteiger partial charge is 0.393 e. The van der Waals surface area contributed by atoms with Crippen LogP contribution in [0.15, 0.2) is 29.4 Å². The first-order chi connectivity index (χ1) is 11.8. The Balaban J connectivity index is 2.26. The van der Waals surface area contributed by atoms with Gasteiger partial charge in [0, 0.05) is 5.56 Å². The smallest absolute Gasteiger partial charge is 0.127 e. The Morgan fingerprint density at radius 1 is 1.00 bits per heavy atom. The average Bonchev–Trinajstić information content (AvgIpc) is 3.05. The van der Waals surface area contributed by atoms with Gasteiger partial charge in [-0.1, -0.05) is 41.6 Å². The highest BCUT2D eigenvalue weighted by Crippen LogP contribution is 2.44. The summed E-state index contributed by atoms with van der Waals surface area (Å²) in [5, 5.41) is 56.7. The van der Waals surface area contributed by atoms with E-state index in [1.807, 2.05) is 31.2 Å². The van der Waals surface area contributed by atoms with Crippen molar-refractivity contribution in [3.63, 3.8) is 0 Å². The summed E-state index contributed by atoms with van der Waals surface area (Å²) in [6, 6.07) is 7.71. The van der Waals surface area contributed by atoms with E-state index in [-0.39, 0.29) is 0 Å². The Morgan fingerprint density at radius 3 is 2.04 bits per heavy atom. The lowest BCUT2D eigenvalue weighted by molar-refractivity contribution is -0.286. The lowest BCUT2D eigenvalue weighted by Gasteiger charge is -2.53. The summed E-state index contributed by atoms with van der Waals surface area (Å²) in [4.78, 5) is 0. The first-order valence-corrected chi connectivity index (χ1v) is 9.23. The molecule has 1 heterocycles. The third-order valence-electron chi connectivity index (χ3n) is 5.61. The molecule has 0 saturated carbocycles. The Bertz CT molecular complexity index is 683. The number of aliphatic hydroxyl groups is 5. The van der Waals surface area contributed by atoms with E-state index < -0.39 is 34.4 Å². The third kappa shape index (κ3) is 3.26. The van der Waals surface area contributed by atoms with Gasteiger partial charge in [0.2, 0.25) is 0 Å². The number of hydrogen-bond acceptors (Lipinski definition) is 8. The molecule has 6 N–H and O–H groups in total. The summed E-state index contributed by atoms with van der Waals surface area (Å²) in [7, 11) is 0. The molecule has 146 valence electrons. The van der Waals surface area contributed by atoms with E-state index in [1.54, 1.807) is 0 Å². The number of thioether (sulfide) groups is 1. The molecular formula is C18H28N2O5S. The quantitative estimate of drug-likeness (QED) is 0.417. The van der Waals surface area contributed by atoms with Gasteiger partial charge in [-0.15, -0.1) is 0 Å². The molecule has 1 aliphatic rings. The molecular weight excluding hydrogens is 356 g/mol. The molecule has 1 aromatic rings. The monoisotopic (exact) mass is 384 g/mol. The molecule has 0 fully saturated rings. The van der Waals surface area contributed by atoms with E-state index in [0.29, 0.717) is 5.04 Å². The zero-order chi connectivity index (χ0) is 20.0. The molecule has 26 heavy (non-hydrogen) atoms. The minimum atomic E-state index is -2.22. The van der Waals surface area contributed by atoms with Gasteiger partial charge in [-0.2, -0.15) is 5.10 Å². The summed E-state index contributed by atoms with van der Waals surface area (Å²) < 4.78 is 0. The van der Waals surface area contributed by atoms with Crippen molar-refractivity contribution >= 4 is 16.8 Å². The molecule has 5 atom stereocenters. The lowest BCUT2D eigenvalue weighted by Crippen LogP contribution is -2.75. The van der Waals surface area contributed by atoms with E-state index in [0.717, 1.165) is 11.1 Å². The zero-order valence-electron chi connectivity index (χ0n) is 15.7. The van der Waals surface area contributed by atoms with Gasteiger partial charge in [-0.3, -0.25) is 5.43 Å². The maximum atomic E-state index is 11.1. The van der Waals surface area contributed by atoms with Crippen LogP contribution in [0.1, 0.15) is 38.8 Å². The van der Waals surface area contributed by atoms with Crippen molar-refractivity contribution in [3.05, 3.63) is 35.4 Å². The van der Waals surface area contributed by atoms with Gasteiger partial charge >= 0.3 is 0 Å². The third-order valence-corrected chi connectivity index (χ3v) is 6.96. The second kappa shape index (κ2) is 6.78. The summed E-state index contributed by atoms with van der Waals surface area (Å²) in [5.74, 6) is 0. The molecule has 0 radical (unpaired) electrons. The van der Waals surface area contributed by atoms with Gasteiger partial charge in [-0.05, 0) is 34.6 Å². The van der Waals surface area contributed by atoms with Crippen LogP contribution in [0.5, 0.6) is 0 Å². The predicted octanol–water partition coefficient (Wildman–Crippen LogP) is 0.315. The molecule has 0 unspecified atom stereocenters. The van der Waals surface area contributed by atoms with E-state index in [4.69, 9.17) is 0 Å². The number of aliphatic hydroxyl groups excluding tert-OH is 1. The standard InChI is InChI=1S/C18H28N2O5S/c1-11-6-8-12(9-7-11)13-19-20-14(26-13)16(3,23)18(5,25)17(4,24)15(2,22)10-21/h6-9,14,20-25H,10H2,1-5H3/t14-,15-,16-,17-,18+/m1/s1. The fourth-order valence-electron chi connectivity index (χ4n) is 2.78. The lowest BCUT2D eigenvalue weighted by atomic mass is 9.66. The molecule has 0 aromatic heterocycles. The van der Waals surface area contributed by atoms with Crippen LogP contribution >= 0.6 is 11.8 Å². The molecule has 0 amide bonds. The molecule has 0 saturated heterocycles. The number of hydrogen-bond donors (Lipinski definition) is 6. The number of hydrazone groups is 1. The van der Waals surface area contributed by atoms with Gasteiger partial charge < -0.3 is 25.5 Å². The molecule has 1 aliphatic heterocycles. The SMILES string of the molecule is Cc1ccc(C2=NN[C@@H]([C@@](C)(O)[C@](C)(O)[C@](C)(O)[C@](C)(O)CO)S2)cc1. The van der Waals surface area contributed by atoms with Crippen molar-refractivity contribution in [2.45, 2.75) is 62.4 Å². The summed E-state index contributed by atoms with van der Waals surface area (Å²) in [5.41, 5.74) is -3.58. The summed E-state index contributed by atoms with van der Waals surface area (Å²) in [6.07, 6.45) is 0. The van der Waals surface area contributed by atoms with Gasteiger partial charge in [0.05, 0.1) is 6.61 Å². The van der Waals surface area contributed by atoms with Crippen LogP contribution < -0.4 is 5.43 Å². The maximum Gasteiger partial charge on any atom is 0.127 e. The Kier molecular flexibility index (Phi) is 5.51. The first-order valence-electron chi connectivity index (χ1n) is 8.35. The second-order valence-corrected chi connectivity index (χ2v) is 8.73. The topological polar surface area (TPSA) is 126 Å². The van der Waals surface area contributed by atoms with Crippen LogP contribution in [0.2, 0.25) is 0 Å². The second-order valence-electron chi connectivity index (χ2n) is 7.63. The molecule has 1 aromatic carbocycles. The van der Waals surface area contributed by atoms with Crippen molar-refractivity contribution in [1.29, 1.82) is 0 Å². The number of aryl methyl sites for hydroxylation is 1. The van der Waals surface area contributed by atoms with Crippen molar-refractivity contribution in [3.8, 4) is 0 Å². The summed E-state index contributed by atoms with van der Waals surface area (Å²) >= 11 is 1.21. The highest BCUT2D eigenvalue weighted by Gasteiger charge is 2.64. The Labute approximate surface area is 157 Å². The highest BCUT2D eigenvalue weighted by molar-refractivity contribution is 8.15. The number of nitrogens with one attached hydrogen (secondary N) is 1. The van der Waals surface area contributed by atoms with Crippen LogP contribution in [0.25, 0.3) is 0 Å². The number of benzene rings is 1. The van der Waals surface area contributed by atoms with Crippen LogP contribution in [-0.2, 0) is 0 Å². The van der Waals surface area contributed by atoms with Crippen LogP contribution in [-0.4, -0.2) is 65.0 Å². The first kappa shape index (κ1) is 21.1. The van der Waals surface area contributed by atoms with E-state index in [2.05, 4.69) is 10.5 Å². The van der Waals surface area contributed by atoms with Crippen LogP contribution in [0.4, 0.5) is 0 Å². The zero-order valence-corrected chi connectivity index (χ0v) is 16.5. The minimum Gasteiger partial charge on any atom is -0.393 e. The van der Waals surface area contributed by atoms with E-state index in [9.17, 15) is 25.5 Å². The van der Waals surface area contributed by atoms with Gasteiger partial charge in [0.25, 0.3) is 0 Å². The van der Waals surface area contributed by atoms with Crippen molar-refractivity contribution < 1.29 is 25.5 Å². The minimum absolute atomic E-state index is 0.639. The number of nitrogens with zero attached hydrogens (tertiary/aromatic N) is 1. The predicted molar refractivity (Wildman–Crippen MR) is 102 cm³/mol. The molecule has 8 heteroatoms. The van der Waals surface area contributed by atoms with Crippen LogP contribution in [0.3, 0.4) is 0 Å². The number of rotatable bonds is 6. The Hall–Kier alpha value is -1.16. The van der Waals surface area contributed by atoms with Crippen LogP contribution in [0, 0.1) is 6.92 Å². The van der Waals surface area contributed by atoms with Gasteiger partial charge in [0.1, 0.15) is 32.8 Å². The van der Waals surface area contributed by atoms with Crippen molar-refractivity contribution in [2.75, 3.05) is 6.61 Å². The van der Waals surface area contributed by atoms with E-state index in [1.165, 1.54) is 39.5 Å². The molecule has 7 nitrogen and oxygen atoms in total. The average molecular weight is 384 g/mol. The fraction of sp³-hybridized carbons (Fsp3) is 0.611. The molecule has 0 aliphatic carbocycles. The van der Waals surface area contributed by atoms with Crippen molar-refractivity contribution in [1.82, 2.24) is 5.43 Å². The van der Waals surface area contributed by atoms with E-state index >= 15 is 0 Å². The fourth-order valence-corrected chi connectivity index (χ4v) is 3.94. The van der Waals surface area contributed by atoms with Gasteiger partial charge in [0.15, 0.2) is 0 Å². The summed E-state index contributed by atoms with van der Waals surface area (Å²) in [6.45, 7) is 6.14. The van der Waals surface area contributed by atoms with Crippen molar-refractivity contribution in [2.24, 2.45) is 5.10 Å². The normalized spacial score (nSPS) is 26.7. The highest BCUT2D eigenvalue weighted by atomic mass is 32.2. The molecule has 0 spiro atoms. The molecule has 2 rings (SSSR count). The Morgan fingerprint density at radius 2 is 1.54 bits per heavy atom. The maximum absolute atomic E-state index is 11.1.